The third-order valence-electron chi connectivity index (χ3n) is 4.76. The van der Waals surface area contributed by atoms with Crippen molar-refractivity contribution >= 4 is 57.5 Å². The molecule has 164 valence electrons. The highest BCUT2D eigenvalue weighted by Crippen LogP contribution is 2.30. The molecule has 4 rings (SSSR count). The Kier molecular flexibility index (Phi) is 6.26. The molecule has 1 aromatic heterocycles. The maximum atomic E-state index is 12.4. The molecule has 0 saturated heterocycles. The molecule has 0 fully saturated rings. The zero-order valence-corrected chi connectivity index (χ0v) is 18.3. The van der Waals surface area contributed by atoms with Crippen molar-refractivity contribution in [3.05, 3.63) is 109 Å². The van der Waals surface area contributed by atoms with Gasteiger partial charge in [0.1, 0.15) is 10.6 Å². The molecule has 0 aliphatic carbocycles. The third-order valence-corrected chi connectivity index (χ3v) is 5.39. The van der Waals surface area contributed by atoms with Gasteiger partial charge in [0.2, 0.25) is 5.91 Å². The SMILES string of the molecule is O=C(/C=C/c1ccc(Cl)c([N+](=O)[O-])c1)Nc1ccc(-c2cc3ccccc3oc2=O)c(Cl)c1. The summed E-state index contributed by atoms with van der Waals surface area (Å²) in [5.74, 6) is -0.471. The minimum atomic E-state index is -0.598. The molecule has 0 aliphatic heterocycles. The average molecular weight is 481 g/mol. The van der Waals surface area contributed by atoms with Crippen LogP contribution in [0, 0.1) is 10.1 Å². The third kappa shape index (κ3) is 4.95. The smallest absolute Gasteiger partial charge is 0.344 e. The number of carbonyl (C=O) groups excluding carboxylic acids is 1. The predicted octanol–water partition coefficient (Wildman–Crippen LogP) is 6.33. The number of halogens is 2. The van der Waals surface area contributed by atoms with Crippen LogP contribution in [-0.4, -0.2) is 10.8 Å². The monoisotopic (exact) mass is 480 g/mol. The highest BCUT2D eigenvalue weighted by atomic mass is 35.5. The number of para-hydroxylation sites is 1. The predicted molar refractivity (Wildman–Crippen MR) is 129 cm³/mol. The Balaban J connectivity index is 1.53. The topological polar surface area (TPSA) is 102 Å². The maximum Gasteiger partial charge on any atom is 0.344 e. The number of fused-ring (bicyclic) bond motifs is 1. The van der Waals surface area contributed by atoms with E-state index in [9.17, 15) is 19.7 Å². The number of nitro groups is 1. The van der Waals surface area contributed by atoms with E-state index in [4.69, 9.17) is 27.6 Å². The molecule has 9 heteroatoms. The van der Waals surface area contributed by atoms with Gasteiger partial charge in [0.15, 0.2) is 0 Å². The molecule has 0 radical (unpaired) electrons. The number of carbonyl (C=O) groups is 1. The Morgan fingerprint density at radius 2 is 1.76 bits per heavy atom. The summed E-state index contributed by atoms with van der Waals surface area (Å²) in [7, 11) is 0. The lowest BCUT2D eigenvalue weighted by Crippen LogP contribution is -2.08. The number of hydrogen-bond donors (Lipinski definition) is 1. The highest BCUT2D eigenvalue weighted by Gasteiger charge is 2.13. The molecule has 0 aliphatic rings. The van der Waals surface area contributed by atoms with Crippen LogP contribution in [0.15, 0.2) is 82.0 Å². The van der Waals surface area contributed by atoms with Gasteiger partial charge in [-0.1, -0.05) is 53.5 Å². The van der Waals surface area contributed by atoms with E-state index in [1.54, 1.807) is 36.4 Å². The van der Waals surface area contributed by atoms with Crippen LogP contribution in [0.4, 0.5) is 11.4 Å². The van der Waals surface area contributed by atoms with Crippen LogP contribution in [0.25, 0.3) is 28.2 Å². The van der Waals surface area contributed by atoms with E-state index in [1.807, 2.05) is 12.1 Å². The van der Waals surface area contributed by atoms with Gasteiger partial charge < -0.3 is 9.73 Å². The van der Waals surface area contributed by atoms with Crippen molar-refractivity contribution in [2.24, 2.45) is 0 Å². The zero-order valence-electron chi connectivity index (χ0n) is 16.7. The van der Waals surface area contributed by atoms with Crippen molar-refractivity contribution in [3.8, 4) is 11.1 Å². The number of benzene rings is 3. The summed E-state index contributed by atoms with van der Waals surface area (Å²) in [4.78, 5) is 35.1. The molecule has 0 spiro atoms. The fraction of sp³-hybridized carbons (Fsp3) is 0. The first-order chi connectivity index (χ1) is 15.8. The molecule has 0 unspecified atom stereocenters. The van der Waals surface area contributed by atoms with Gasteiger partial charge in [-0.3, -0.25) is 14.9 Å². The van der Waals surface area contributed by atoms with E-state index < -0.39 is 16.5 Å². The van der Waals surface area contributed by atoms with Gasteiger partial charge in [-0.05, 0) is 42.0 Å². The Hall–Kier alpha value is -3.94. The van der Waals surface area contributed by atoms with Crippen molar-refractivity contribution in [2.45, 2.75) is 0 Å². The van der Waals surface area contributed by atoms with Crippen LogP contribution in [0.2, 0.25) is 10.0 Å². The molecule has 0 bridgehead atoms. The largest absolute Gasteiger partial charge is 0.422 e. The van der Waals surface area contributed by atoms with E-state index in [-0.39, 0.29) is 15.7 Å². The first kappa shape index (κ1) is 22.3. The Morgan fingerprint density at radius 3 is 2.52 bits per heavy atom. The first-order valence-corrected chi connectivity index (χ1v) is 10.3. The summed E-state index contributed by atoms with van der Waals surface area (Å²) in [5, 5.41) is 14.7. The van der Waals surface area contributed by atoms with E-state index in [0.717, 1.165) is 5.39 Å². The van der Waals surface area contributed by atoms with Gasteiger partial charge >= 0.3 is 5.63 Å². The molecule has 3 aromatic carbocycles. The van der Waals surface area contributed by atoms with Gasteiger partial charge in [0.05, 0.1) is 15.5 Å². The summed E-state index contributed by atoms with van der Waals surface area (Å²) in [6.45, 7) is 0. The van der Waals surface area contributed by atoms with E-state index in [2.05, 4.69) is 5.32 Å². The van der Waals surface area contributed by atoms with Crippen molar-refractivity contribution in [2.75, 3.05) is 5.32 Å². The molecule has 1 N–H and O–H groups in total. The number of nitrogens with zero attached hydrogens (tertiary/aromatic N) is 1. The molecule has 33 heavy (non-hydrogen) atoms. The molecular weight excluding hydrogens is 467 g/mol. The minimum Gasteiger partial charge on any atom is -0.422 e. The second-order valence-electron chi connectivity index (χ2n) is 6.97. The minimum absolute atomic E-state index is 0.0109. The summed E-state index contributed by atoms with van der Waals surface area (Å²) in [6, 6.07) is 17.8. The van der Waals surface area contributed by atoms with Crippen molar-refractivity contribution in [1.29, 1.82) is 0 Å². The van der Waals surface area contributed by atoms with Crippen LogP contribution >= 0.6 is 23.2 Å². The lowest BCUT2D eigenvalue weighted by molar-refractivity contribution is -0.384. The Morgan fingerprint density at radius 1 is 0.970 bits per heavy atom. The second-order valence-corrected chi connectivity index (χ2v) is 7.78. The van der Waals surface area contributed by atoms with E-state index in [1.165, 1.54) is 30.4 Å². The van der Waals surface area contributed by atoms with Crippen molar-refractivity contribution < 1.29 is 14.1 Å². The Labute approximate surface area is 197 Å². The quantitative estimate of drug-likeness (QED) is 0.155. The van der Waals surface area contributed by atoms with E-state index in [0.29, 0.717) is 28.0 Å². The van der Waals surface area contributed by atoms with Crippen molar-refractivity contribution in [3.63, 3.8) is 0 Å². The average Bonchev–Trinajstić information content (AvgIpc) is 2.78. The molecule has 7 nitrogen and oxygen atoms in total. The number of hydrogen-bond acceptors (Lipinski definition) is 5. The highest BCUT2D eigenvalue weighted by molar-refractivity contribution is 6.33. The molecule has 0 saturated carbocycles. The number of anilines is 1. The van der Waals surface area contributed by atoms with E-state index >= 15 is 0 Å². The van der Waals surface area contributed by atoms with Gasteiger partial charge in [-0.2, -0.15) is 0 Å². The fourth-order valence-corrected chi connectivity index (χ4v) is 3.66. The maximum absolute atomic E-state index is 12.4. The Bertz CT molecular complexity index is 1490. The van der Waals surface area contributed by atoms with Crippen molar-refractivity contribution in [1.82, 2.24) is 0 Å². The molecule has 1 heterocycles. The fourth-order valence-electron chi connectivity index (χ4n) is 3.19. The summed E-state index contributed by atoms with van der Waals surface area (Å²) >= 11 is 12.2. The van der Waals surface area contributed by atoms with Crippen LogP contribution in [0.1, 0.15) is 5.56 Å². The molecular formula is C24H14Cl2N2O5. The zero-order chi connectivity index (χ0) is 23.5. The van der Waals surface area contributed by atoms with Gasteiger partial charge in [0.25, 0.3) is 5.69 Å². The van der Waals surface area contributed by atoms with Crippen LogP contribution in [0.3, 0.4) is 0 Å². The first-order valence-electron chi connectivity index (χ1n) is 9.57. The summed E-state index contributed by atoms with van der Waals surface area (Å²) in [6.07, 6.45) is 2.65. The van der Waals surface area contributed by atoms with Crippen LogP contribution in [0.5, 0.6) is 0 Å². The number of nitrogens with one attached hydrogen (secondary N) is 1. The summed E-state index contributed by atoms with van der Waals surface area (Å²) in [5.41, 5.74) is 1.33. The van der Waals surface area contributed by atoms with Gasteiger partial charge in [-0.15, -0.1) is 0 Å². The lowest BCUT2D eigenvalue weighted by atomic mass is 10.1. The van der Waals surface area contributed by atoms with Gasteiger partial charge in [0, 0.05) is 28.8 Å². The second kappa shape index (κ2) is 9.28. The standard InChI is InChI=1S/C24H14Cl2N2O5/c25-19-9-5-14(11-21(19)28(31)32)6-10-23(29)27-16-7-8-17(20(26)13-16)18-12-15-3-1-2-4-22(15)33-24(18)30/h1-13H,(H,27,29)/b10-6+. The summed E-state index contributed by atoms with van der Waals surface area (Å²) < 4.78 is 5.36. The number of rotatable bonds is 5. The lowest BCUT2D eigenvalue weighted by Gasteiger charge is -2.08. The molecule has 4 aromatic rings. The molecule has 0 atom stereocenters. The van der Waals surface area contributed by atoms with Gasteiger partial charge in [-0.25, -0.2) is 4.79 Å². The molecule has 1 amide bonds. The normalized spacial score (nSPS) is 11.1. The number of nitro benzene ring substituents is 1. The number of amides is 1. The van der Waals surface area contributed by atoms with Crippen LogP contribution in [-0.2, 0) is 4.79 Å². The van der Waals surface area contributed by atoms with Crippen LogP contribution < -0.4 is 10.9 Å².